The third-order valence-electron chi connectivity index (χ3n) is 5.65. The Balaban J connectivity index is 1.90. The number of amides is 2. The first-order valence-corrected chi connectivity index (χ1v) is 10.7. The first kappa shape index (κ1) is 22.8. The van der Waals surface area contributed by atoms with Crippen molar-refractivity contribution < 1.29 is 24.2 Å². The molecule has 1 aliphatic heterocycles. The van der Waals surface area contributed by atoms with Crippen molar-refractivity contribution in [3.63, 3.8) is 0 Å². The summed E-state index contributed by atoms with van der Waals surface area (Å²) in [5.74, 6) is -1.45. The van der Waals surface area contributed by atoms with Crippen LogP contribution in [0.5, 0.6) is 5.75 Å². The summed E-state index contributed by atoms with van der Waals surface area (Å²) in [6.45, 7) is 3.31. The minimum atomic E-state index is -0.875. The molecular weight excluding hydrogens is 432 g/mol. The summed E-state index contributed by atoms with van der Waals surface area (Å²) in [6.07, 6.45) is 0. The lowest BCUT2D eigenvalue weighted by molar-refractivity contribution is -0.132. The number of carbonyl (C=O) groups excluding carboxylic acids is 3. The van der Waals surface area contributed by atoms with E-state index in [1.54, 1.807) is 67.8 Å². The molecule has 3 aromatic carbocycles. The van der Waals surface area contributed by atoms with Crippen LogP contribution in [-0.2, 0) is 14.4 Å². The number of benzene rings is 3. The van der Waals surface area contributed by atoms with E-state index in [4.69, 9.17) is 4.74 Å². The molecule has 0 bridgehead atoms. The van der Waals surface area contributed by atoms with Gasteiger partial charge < -0.3 is 15.2 Å². The Morgan fingerprint density at radius 3 is 2.29 bits per heavy atom. The second-order valence-electron chi connectivity index (χ2n) is 8.04. The number of aryl methyl sites for hydroxylation is 1. The van der Waals surface area contributed by atoms with Crippen LogP contribution < -0.4 is 15.0 Å². The van der Waals surface area contributed by atoms with Crippen LogP contribution in [0.15, 0.2) is 78.4 Å². The van der Waals surface area contributed by atoms with Crippen LogP contribution in [-0.4, -0.2) is 29.8 Å². The summed E-state index contributed by atoms with van der Waals surface area (Å²) >= 11 is 0. The topological polar surface area (TPSA) is 95.9 Å². The molecule has 2 N–H and O–H groups in total. The quantitative estimate of drug-likeness (QED) is 0.333. The number of hydrogen-bond acceptors (Lipinski definition) is 5. The van der Waals surface area contributed by atoms with E-state index >= 15 is 0 Å². The fraction of sp³-hybridized carbons (Fsp3) is 0.148. The highest BCUT2D eigenvalue weighted by Gasteiger charge is 2.47. The molecule has 0 spiro atoms. The third-order valence-corrected chi connectivity index (χ3v) is 5.65. The zero-order valence-electron chi connectivity index (χ0n) is 19.0. The summed E-state index contributed by atoms with van der Waals surface area (Å²) < 4.78 is 5.24. The van der Waals surface area contributed by atoms with Crippen LogP contribution >= 0.6 is 0 Å². The molecule has 7 heteroatoms. The highest BCUT2D eigenvalue weighted by molar-refractivity contribution is 6.51. The van der Waals surface area contributed by atoms with Crippen LogP contribution in [0.3, 0.4) is 0 Å². The monoisotopic (exact) mass is 456 g/mol. The van der Waals surface area contributed by atoms with Gasteiger partial charge in [0.15, 0.2) is 0 Å². The van der Waals surface area contributed by atoms with Crippen molar-refractivity contribution in [2.24, 2.45) is 0 Å². The largest absolute Gasteiger partial charge is 0.507 e. The number of Topliss-reactive ketones (excluding diaryl/α,β-unsaturated/α-hetero) is 1. The van der Waals surface area contributed by atoms with Crippen LogP contribution in [0.1, 0.15) is 29.7 Å². The molecule has 0 aliphatic carbocycles. The molecule has 3 aromatic rings. The molecule has 1 saturated heterocycles. The van der Waals surface area contributed by atoms with E-state index < -0.39 is 17.7 Å². The summed E-state index contributed by atoms with van der Waals surface area (Å²) in [4.78, 5) is 39.4. The molecular formula is C27H24N2O5. The average molecular weight is 456 g/mol. The van der Waals surface area contributed by atoms with E-state index in [1.165, 1.54) is 11.8 Å². The number of anilines is 2. The zero-order chi connectivity index (χ0) is 24.4. The predicted octanol–water partition coefficient (Wildman–Crippen LogP) is 4.59. The summed E-state index contributed by atoms with van der Waals surface area (Å²) in [6, 6.07) is 19.8. The number of methoxy groups -OCH3 is 1. The van der Waals surface area contributed by atoms with E-state index in [2.05, 4.69) is 5.32 Å². The lowest BCUT2D eigenvalue weighted by atomic mass is 9.95. The number of rotatable bonds is 5. The first-order chi connectivity index (χ1) is 16.3. The molecule has 4 rings (SSSR count). The molecule has 0 aromatic heterocycles. The minimum absolute atomic E-state index is 0.0102. The van der Waals surface area contributed by atoms with Gasteiger partial charge in [0, 0.05) is 23.9 Å². The number of aliphatic hydroxyl groups is 1. The van der Waals surface area contributed by atoms with Crippen LogP contribution in [0.4, 0.5) is 11.4 Å². The van der Waals surface area contributed by atoms with Gasteiger partial charge in [0.25, 0.3) is 11.7 Å². The smallest absolute Gasteiger partial charge is 0.300 e. The fourth-order valence-electron chi connectivity index (χ4n) is 4.00. The molecule has 34 heavy (non-hydrogen) atoms. The number of aliphatic hydroxyl groups excluding tert-OH is 1. The Bertz CT molecular complexity index is 1290. The lowest BCUT2D eigenvalue weighted by Gasteiger charge is -2.26. The Morgan fingerprint density at radius 2 is 1.68 bits per heavy atom. The predicted molar refractivity (Wildman–Crippen MR) is 130 cm³/mol. The number of ketones is 1. The SMILES string of the molecule is COc1ccc(C2/C(=C(\O)c3ccc(C)cc3)C(=O)C(=O)N2c2cccc(NC(C)=O)c2)cc1. The summed E-state index contributed by atoms with van der Waals surface area (Å²) in [5, 5.41) is 13.9. The average Bonchev–Trinajstić information content (AvgIpc) is 3.09. The Labute approximate surface area is 197 Å². The van der Waals surface area contributed by atoms with Crippen molar-refractivity contribution in [2.75, 3.05) is 17.3 Å². The van der Waals surface area contributed by atoms with Gasteiger partial charge in [-0.25, -0.2) is 0 Å². The van der Waals surface area contributed by atoms with Gasteiger partial charge in [-0.2, -0.15) is 0 Å². The lowest BCUT2D eigenvalue weighted by Crippen LogP contribution is -2.29. The van der Waals surface area contributed by atoms with E-state index in [0.717, 1.165) is 5.56 Å². The molecule has 1 atom stereocenters. The van der Waals surface area contributed by atoms with Crippen molar-refractivity contribution in [3.8, 4) is 5.75 Å². The number of hydrogen-bond donors (Lipinski definition) is 2. The molecule has 1 unspecified atom stereocenters. The van der Waals surface area contributed by atoms with E-state index in [9.17, 15) is 19.5 Å². The van der Waals surface area contributed by atoms with E-state index in [0.29, 0.717) is 28.3 Å². The Morgan fingerprint density at radius 1 is 1.00 bits per heavy atom. The minimum Gasteiger partial charge on any atom is -0.507 e. The molecule has 0 radical (unpaired) electrons. The second-order valence-corrected chi connectivity index (χ2v) is 8.04. The fourth-order valence-corrected chi connectivity index (χ4v) is 4.00. The van der Waals surface area contributed by atoms with Gasteiger partial charge in [-0.05, 0) is 42.8 Å². The molecule has 1 aliphatic rings. The van der Waals surface area contributed by atoms with Crippen molar-refractivity contribution in [1.82, 2.24) is 0 Å². The second kappa shape index (κ2) is 9.23. The van der Waals surface area contributed by atoms with Crippen molar-refractivity contribution in [3.05, 3.63) is 95.1 Å². The number of carbonyl (C=O) groups is 3. The Kier molecular flexibility index (Phi) is 6.19. The van der Waals surface area contributed by atoms with Crippen molar-refractivity contribution in [2.45, 2.75) is 19.9 Å². The zero-order valence-corrected chi connectivity index (χ0v) is 19.0. The summed E-state index contributed by atoms with van der Waals surface area (Å²) in [5.41, 5.74) is 2.95. The first-order valence-electron chi connectivity index (χ1n) is 10.7. The van der Waals surface area contributed by atoms with Gasteiger partial charge in [0.05, 0.1) is 18.7 Å². The van der Waals surface area contributed by atoms with Crippen LogP contribution in [0.25, 0.3) is 5.76 Å². The molecule has 0 saturated carbocycles. The number of ether oxygens (including phenoxy) is 1. The maximum absolute atomic E-state index is 13.3. The maximum atomic E-state index is 13.3. The highest BCUT2D eigenvalue weighted by atomic mass is 16.5. The van der Waals surface area contributed by atoms with Gasteiger partial charge in [0.1, 0.15) is 11.5 Å². The van der Waals surface area contributed by atoms with E-state index in [-0.39, 0.29) is 17.2 Å². The van der Waals surface area contributed by atoms with Crippen molar-refractivity contribution >= 4 is 34.7 Å². The van der Waals surface area contributed by atoms with Gasteiger partial charge >= 0.3 is 0 Å². The van der Waals surface area contributed by atoms with E-state index in [1.807, 2.05) is 19.1 Å². The normalized spacial score (nSPS) is 17.0. The molecule has 7 nitrogen and oxygen atoms in total. The number of nitrogens with zero attached hydrogens (tertiary/aromatic N) is 1. The molecule has 1 fully saturated rings. The van der Waals surface area contributed by atoms with Gasteiger partial charge in [-0.1, -0.05) is 48.0 Å². The molecule has 1 heterocycles. The Hall–Kier alpha value is -4.39. The van der Waals surface area contributed by atoms with Gasteiger partial charge in [-0.15, -0.1) is 0 Å². The summed E-state index contributed by atoms with van der Waals surface area (Å²) in [7, 11) is 1.55. The van der Waals surface area contributed by atoms with Crippen LogP contribution in [0.2, 0.25) is 0 Å². The van der Waals surface area contributed by atoms with Gasteiger partial charge in [-0.3, -0.25) is 19.3 Å². The highest BCUT2D eigenvalue weighted by Crippen LogP contribution is 2.43. The van der Waals surface area contributed by atoms with Crippen LogP contribution in [0, 0.1) is 6.92 Å². The van der Waals surface area contributed by atoms with Crippen molar-refractivity contribution in [1.29, 1.82) is 0 Å². The standard InChI is InChI=1S/C27H24N2O5/c1-16-7-9-19(10-8-16)25(31)23-24(18-11-13-22(34-3)14-12-18)29(27(33)26(23)32)21-6-4-5-20(15-21)28-17(2)30/h4-15,24,31H,1-3H3,(H,28,30)/b25-23+. The maximum Gasteiger partial charge on any atom is 0.300 e. The van der Waals surface area contributed by atoms with Gasteiger partial charge in [0.2, 0.25) is 5.91 Å². The number of nitrogens with one attached hydrogen (secondary N) is 1. The molecule has 172 valence electrons. The third kappa shape index (κ3) is 4.28. The molecule has 2 amide bonds.